The quantitative estimate of drug-likeness (QED) is 0.859. The first-order valence-electron chi connectivity index (χ1n) is 6.25. The fourth-order valence-corrected chi connectivity index (χ4v) is 2.60. The number of rotatable bonds is 3. The van der Waals surface area contributed by atoms with Gasteiger partial charge in [-0.3, -0.25) is 10.1 Å². The van der Waals surface area contributed by atoms with Crippen molar-refractivity contribution in [1.29, 1.82) is 0 Å². The average molecular weight is 308 g/mol. The van der Waals surface area contributed by atoms with Gasteiger partial charge < -0.3 is 0 Å². The zero-order valence-electron chi connectivity index (χ0n) is 11.8. The lowest BCUT2D eigenvalue weighted by molar-refractivity contribution is -0.111. The molecule has 1 amide bonds. The van der Waals surface area contributed by atoms with E-state index in [2.05, 4.69) is 10.3 Å². The maximum atomic E-state index is 13.3. The van der Waals surface area contributed by atoms with Crippen molar-refractivity contribution in [3.8, 4) is 11.3 Å². The minimum absolute atomic E-state index is 0.263. The van der Waals surface area contributed by atoms with Gasteiger partial charge in [-0.25, -0.2) is 13.8 Å². The number of aryl methyl sites for hydroxylation is 1. The number of hydrogen-bond donors (Lipinski definition) is 1. The molecule has 0 atom stereocenters. The molecule has 1 N–H and O–H groups in total. The summed E-state index contributed by atoms with van der Waals surface area (Å²) in [5.41, 5.74) is 1.89. The third kappa shape index (κ3) is 3.72. The van der Waals surface area contributed by atoms with Gasteiger partial charge in [0.2, 0.25) is 5.91 Å². The number of hydrogen-bond acceptors (Lipinski definition) is 3. The number of carbonyl (C=O) groups is 1. The lowest BCUT2D eigenvalue weighted by atomic mass is 10.1. The fourth-order valence-electron chi connectivity index (χ4n) is 1.76. The largest absolute Gasteiger partial charge is 0.298 e. The Bertz CT molecular complexity index is 718. The van der Waals surface area contributed by atoms with Gasteiger partial charge in [-0.1, -0.05) is 5.57 Å². The standard InChI is InChI=1S/C15H14F2N2OS/c1-8(2)6-13(20)18-15-19-14(9(3)21-15)10-4-5-11(16)12(17)7-10/h4-7H,1-3H3,(H,18,19,20). The normalized spacial score (nSPS) is 10.3. The number of anilines is 1. The number of amides is 1. The maximum Gasteiger partial charge on any atom is 0.250 e. The summed E-state index contributed by atoms with van der Waals surface area (Å²) < 4.78 is 26.2. The molecule has 1 heterocycles. The Hall–Kier alpha value is -2.08. The zero-order valence-corrected chi connectivity index (χ0v) is 12.6. The highest BCUT2D eigenvalue weighted by Gasteiger charge is 2.13. The lowest BCUT2D eigenvalue weighted by Crippen LogP contribution is -2.07. The van der Waals surface area contributed by atoms with E-state index in [9.17, 15) is 13.6 Å². The summed E-state index contributed by atoms with van der Waals surface area (Å²) in [5, 5.41) is 3.08. The van der Waals surface area contributed by atoms with Crippen molar-refractivity contribution in [2.45, 2.75) is 20.8 Å². The Labute approximate surface area is 125 Å². The van der Waals surface area contributed by atoms with Crippen LogP contribution in [0.15, 0.2) is 29.8 Å². The second-order valence-electron chi connectivity index (χ2n) is 4.76. The molecule has 3 nitrogen and oxygen atoms in total. The van der Waals surface area contributed by atoms with E-state index in [-0.39, 0.29) is 5.91 Å². The van der Waals surface area contributed by atoms with E-state index in [0.717, 1.165) is 22.6 Å². The SMILES string of the molecule is CC(C)=CC(=O)Nc1nc(-c2ccc(F)c(F)c2)c(C)s1. The number of allylic oxidation sites excluding steroid dienone is 1. The molecule has 0 unspecified atom stereocenters. The van der Waals surface area contributed by atoms with E-state index in [1.807, 2.05) is 20.8 Å². The molecular weight excluding hydrogens is 294 g/mol. The monoisotopic (exact) mass is 308 g/mol. The van der Waals surface area contributed by atoms with Crippen LogP contribution < -0.4 is 5.32 Å². The zero-order chi connectivity index (χ0) is 15.6. The third-order valence-electron chi connectivity index (χ3n) is 2.64. The van der Waals surface area contributed by atoms with Crippen LogP contribution in [-0.2, 0) is 4.79 Å². The molecule has 0 aliphatic heterocycles. The van der Waals surface area contributed by atoms with E-state index in [1.165, 1.54) is 23.5 Å². The molecule has 110 valence electrons. The Morgan fingerprint density at radius 1 is 1.29 bits per heavy atom. The molecule has 2 aromatic rings. The fraction of sp³-hybridized carbons (Fsp3) is 0.200. The van der Waals surface area contributed by atoms with Crippen molar-refractivity contribution in [1.82, 2.24) is 4.98 Å². The van der Waals surface area contributed by atoms with Crippen LogP contribution in [0.3, 0.4) is 0 Å². The van der Waals surface area contributed by atoms with E-state index in [0.29, 0.717) is 16.4 Å². The minimum Gasteiger partial charge on any atom is -0.298 e. The van der Waals surface area contributed by atoms with Gasteiger partial charge >= 0.3 is 0 Å². The Kier molecular flexibility index (Phi) is 4.47. The molecule has 1 aromatic carbocycles. The summed E-state index contributed by atoms with van der Waals surface area (Å²) in [7, 11) is 0. The van der Waals surface area contributed by atoms with Gasteiger partial charge in [0.1, 0.15) is 0 Å². The number of nitrogens with zero attached hydrogens (tertiary/aromatic N) is 1. The molecule has 0 saturated carbocycles. The Morgan fingerprint density at radius 2 is 2.00 bits per heavy atom. The van der Waals surface area contributed by atoms with Gasteiger partial charge in [-0.15, -0.1) is 11.3 Å². The molecule has 21 heavy (non-hydrogen) atoms. The molecule has 0 radical (unpaired) electrons. The first kappa shape index (κ1) is 15.3. The van der Waals surface area contributed by atoms with Gasteiger partial charge in [0.15, 0.2) is 16.8 Å². The van der Waals surface area contributed by atoms with Gasteiger partial charge in [-0.05, 0) is 39.0 Å². The molecule has 0 aliphatic carbocycles. The van der Waals surface area contributed by atoms with Crippen LogP contribution in [0.5, 0.6) is 0 Å². The van der Waals surface area contributed by atoms with E-state index < -0.39 is 11.6 Å². The van der Waals surface area contributed by atoms with Crippen LogP contribution in [0.25, 0.3) is 11.3 Å². The molecule has 0 fully saturated rings. The maximum absolute atomic E-state index is 13.3. The molecule has 6 heteroatoms. The van der Waals surface area contributed by atoms with Crippen LogP contribution in [0.1, 0.15) is 18.7 Å². The molecule has 0 spiro atoms. The van der Waals surface area contributed by atoms with Crippen molar-refractivity contribution < 1.29 is 13.6 Å². The van der Waals surface area contributed by atoms with Crippen molar-refractivity contribution in [3.05, 3.63) is 46.4 Å². The molecule has 0 bridgehead atoms. The summed E-state index contributed by atoms with van der Waals surface area (Å²) in [6, 6.07) is 3.62. The minimum atomic E-state index is -0.921. The molecular formula is C15H14F2N2OS. The molecule has 2 rings (SSSR count). The first-order valence-corrected chi connectivity index (χ1v) is 7.07. The predicted molar refractivity (Wildman–Crippen MR) is 80.3 cm³/mol. The van der Waals surface area contributed by atoms with Crippen molar-refractivity contribution >= 4 is 22.4 Å². The van der Waals surface area contributed by atoms with Crippen LogP contribution in [0.4, 0.5) is 13.9 Å². The number of nitrogens with one attached hydrogen (secondary N) is 1. The first-order chi connectivity index (χ1) is 9.86. The highest BCUT2D eigenvalue weighted by atomic mass is 32.1. The Morgan fingerprint density at radius 3 is 2.62 bits per heavy atom. The summed E-state index contributed by atoms with van der Waals surface area (Å²) in [5.74, 6) is -2.08. The van der Waals surface area contributed by atoms with Gasteiger partial charge in [-0.2, -0.15) is 0 Å². The number of thiazole rings is 1. The van der Waals surface area contributed by atoms with Crippen LogP contribution in [0, 0.1) is 18.6 Å². The number of carbonyl (C=O) groups excluding carboxylic acids is 1. The van der Waals surface area contributed by atoms with Crippen LogP contribution in [-0.4, -0.2) is 10.9 Å². The Balaban J connectivity index is 2.29. The second-order valence-corrected chi connectivity index (χ2v) is 5.97. The lowest BCUT2D eigenvalue weighted by Gasteiger charge is -2.00. The van der Waals surface area contributed by atoms with Gasteiger partial charge in [0, 0.05) is 16.5 Å². The predicted octanol–water partition coefficient (Wildman–Crippen LogP) is 4.30. The highest BCUT2D eigenvalue weighted by molar-refractivity contribution is 7.16. The van der Waals surface area contributed by atoms with Crippen molar-refractivity contribution in [3.63, 3.8) is 0 Å². The van der Waals surface area contributed by atoms with Crippen molar-refractivity contribution in [2.75, 3.05) is 5.32 Å². The van der Waals surface area contributed by atoms with Crippen LogP contribution >= 0.6 is 11.3 Å². The molecule has 0 aliphatic rings. The van der Waals surface area contributed by atoms with E-state index >= 15 is 0 Å². The smallest absolute Gasteiger partial charge is 0.250 e. The van der Waals surface area contributed by atoms with Gasteiger partial charge in [0.05, 0.1) is 5.69 Å². The number of halogens is 2. The summed E-state index contributed by atoms with van der Waals surface area (Å²) >= 11 is 1.29. The summed E-state index contributed by atoms with van der Waals surface area (Å²) in [4.78, 5) is 16.7. The average Bonchev–Trinajstić information content (AvgIpc) is 2.72. The van der Waals surface area contributed by atoms with Crippen molar-refractivity contribution in [2.24, 2.45) is 0 Å². The topological polar surface area (TPSA) is 42.0 Å². The molecule has 0 saturated heterocycles. The molecule has 1 aromatic heterocycles. The highest BCUT2D eigenvalue weighted by Crippen LogP contribution is 2.31. The number of benzene rings is 1. The van der Waals surface area contributed by atoms with Crippen LogP contribution in [0.2, 0.25) is 0 Å². The third-order valence-corrected chi connectivity index (χ3v) is 3.53. The summed E-state index contributed by atoms with van der Waals surface area (Å²) in [6.45, 7) is 5.45. The van der Waals surface area contributed by atoms with E-state index in [1.54, 1.807) is 0 Å². The number of aromatic nitrogens is 1. The summed E-state index contributed by atoms with van der Waals surface area (Å²) in [6.07, 6.45) is 1.47. The van der Waals surface area contributed by atoms with Gasteiger partial charge in [0.25, 0.3) is 0 Å². The second kappa shape index (κ2) is 6.13. The van der Waals surface area contributed by atoms with E-state index in [4.69, 9.17) is 0 Å².